The first-order chi connectivity index (χ1) is 19.2. The number of primary sulfonamides is 1. The molecule has 5 atom stereocenters. The number of amides is 1. The summed E-state index contributed by atoms with van der Waals surface area (Å²) in [5.74, 6) is 1.67. The van der Waals surface area contributed by atoms with Gasteiger partial charge in [-0.25, -0.2) is 13.6 Å². The molecule has 11 heteroatoms. The summed E-state index contributed by atoms with van der Waals surface area (Å²) in [4.78, 5) is 29.7. The van der Waals surface area contributed by atoms with Crippen molar-refractivity contribution in [3.63, 3.8) is 0 Å². The van der Waals surface area contributed by atoms with E-state index in [0.29, 0.717) is 28.7 Å². The van der Waals surface area contributed by atoms with Crippen LogP contribution in [0, 0.1) is 17.8 Å². The molecular formula is C29H34N4O4S3. The number of rotatable bonds is 8. The van der Waals surface area contributed by atoms with E-state index in [0.717, 1.165) is 23.0 Å². The van der Waals surface area contributed by atoms with Crippen molar-refractivity contribution in [3.8, 4) is 0 Å². The largest absolute Gasteiger partial charge is 0.372 e. The van der Waals surface area contributed by atoms with Gasteiger partial charge >= 0.3 is 4.87 Å². The number of hydrogen-bond donors (Lipinski definition) is 2. The molecule has 2 aliphatic carbocycles. The molecule has 2 heterocycles. The van der Waals surface area contributed by atoms with Gasteiger partial charge in [0.1, 0.15) is 6.54 Å². The molecule has 2 saturated carbocycles. The van der Waals surface area contributed by atoms with Gasteiger partial charge in [0.05, 0.1) is 9.92 Å². The fourth-order valence-electron chi connectivity index (χ4n) is 7.01. The molecule has 212 valence electrons. The molecule has 40 heavy (non-hydrogen) atoms. The maximum Gasteiger partial charge on any atom is 0.308 e. The number of nitrogens with two attached hydrogens (primary N) is 1. The molecule has 2 bridgehead atoms. The number of anilines is 2. The molecule has 0 radical (unpaired) electrons. The van der Waals surface area contributed by atoms with Crippen molar-refractivity contribution in [2.45, 2.75) is 60.7 Å². The Labute approximate surface area is 243 Å². The lowest BCUT2D eigenvalue weighted by Gasteiger charge is -2.40. The molecule has 1 aliphatic heterocycles. The number of aromatic nitrogens is 1. The number of carbonyl (C=O) groups excluding carboxylic acids is 1. The van der Waals surface area contributed by atoms with Gasteiger partial charge in [-0.15, -0.1) is 11.8 Å². The van der Waals surface area contributed by atoms with E-state index in [-0.39, 0.29) is 28.1 Å². The van der Waals surface area contributed by atoms with Gasteiger partial charge in [-0.2, -0.15) is 0 Å². The summed E-state index contributed by atoms with van der Waals surface area (Å²) in [6, 6.07) is 14.6. The SMILES string of the molecule is CCN(CC)c1ccc([C@@H]2c3sc(=O)n(CC(=O)Nc4ccc(S(N)(=O)=O)cc4)c3SC3C4CCC(C4)C32)cc1. The van der Waals surface area contributed by atoms with Gasteiger partial charge in [0, 0.05) is 40.5 Å². The van der Waals surface area contributed by atoms with Crippen LogP contribution in [0.15, 0.2) is 63.2 Å². The molecule has 8 nitrogen and oxygen atoms in total. The van der Waals surface area contributed by atoms with Crippen molar-refractivity contribution in [2.24, 2.45) is 22.9 Å². The number of benzene rings is 2. The summed E-state index contributed by atoms with van der Waals surface area (Å²) in [6.07, 6.45) is 3.76. The van der Waals surface area contributed by atoms with Gasteiger partial charge in [-0.1, -0.05) is 23.5 Å². The number of nitrogens with one attached hydrogen (secondary N) is 1. The summed E-state index contributed by atoms with van der Waals surface area (Å²) in [5, 5.41) is 9.35. The lowest BCUT2D eigenvalue weighted by Crippen LogP contribution is -2.35. The van der Waals surface area contributed by atoms with E-state index in [1.807, 2.05) is 11.8 Å². The zero-order chi connectivity index (χ0) is 28.2. The van der Waals surface area contributed by atoms with Crippen LogP contribution in [0.2, 0.25) is 0 Å². The van der Waals surface area contributed by atoms with Crippen LogP contribution in [-0.4, -0.2) is 37.2 Å². The van der Waals surface area contributed by atoms with Crippen LogP contribution in [0.1, 0.15) is 49.5 Å². The minimum absolute atomic E-state index is 0.0263. The van der Waals surface area contributed by atoms with Gasteiger partial charge in [-0.3, -0.25) is 14.2 Å². The Morgan fingerprint density at radius 1 is 1.05 bits per heavy atom. The van der Waals surface area contributed by atoms with Gasteiger partial charge < -0.3 is 10.2 Å². The first-order valence-corrected chi connectivity index (χ1v) is 17.1. The highest BCUT2D eigenvalue weighted by molar-refractivity contribution is 8.00. The molecule has 3 N–H and O–H groups in total. The topological polar surface area (TPSA) is 114 Å². The van der Waals surface area contributed by atoms with Crippen LogP contribution in [0.5, 0.6) is 0 Å². The van der Waals surface area contributed by atoms with E-state index in [9.17, 15) is 18.0 Å². The molecule has 1 amide bonds. The van der Waals surface area contributed by atoms with Gasteiger partial charge in [0.2, 0.25) is 15.9 Å². The highest BCUT2D eigenvalue weighted by atomic mass is 32.2. The normalized spacial score (nSPS) is 24.9. The third-order valence-corrected chi connectivity index (χ3v) is 12.6. The minimum atomic E-state index is -3.82. The Morgan fingerprint density at radius 3 is 2.38 bits per heavy atom. The highest BCUT2D eigenvalue weighted by Gasteiger charge is 2.55. The Bertz CT molecular complexity index is 1580. The number of sulfonamides is 1. The molecule has 6 rings (SSSR count). The quantitative estimate of drug-likeness (QED) is 0.389. The number of thioether (sulfide) groups is 1. The second-order valence-corrected chi connectivity index (χ2v) is 14.7. The monoisotopic (exact) mass is 598 g/mol. The third-order valence-electron chi connectivity index (χ3n) is 8.84. The molecule has 2 fully saturated rings. The third kappa shape index (κ3) is 4.91. The minimum Gasteiger partial charge on any atom is -0.372 e. The van der Waals surface area contributed by atoms with Crippen molar-refractivity contribution in [3.05, 3.63) is 68.6 Å². The molecular weight excluding hydrogens is 565 g/mol. The van der Waals surface area contributed by atoms with Crippen LogP contribution in [0.3, 0.4) is 0 Å². The summed E-state index contributed by atoms with van der Waals surface area (Å²) in [5.41, 5.74) is 2.91. The van der Waals surface area contributed by atoms with Crippen LogP contribution in [0.4, 0.5) is 11.4 Å². The molecule has 1 aromatic heterocycles. The van der Waals surface area contributed by atoms with Crippen molar-refractivity contribution >= 4 is 50.4 Å². The standard InChI is InChI=1S/C29H34N4O4S3/c1-3-32(4-2)21-11-7-17(8-12-21)24-25-18-5-6-19(15-18)26(25)38-28-27(24)39-29(35)33(28)16-23(34)31-20-9-13-22(14-10-20)40(30,36)37/h7-14,18-19,24-26H,3-6,15-16H2,1-2H3,(H,31,34)(H2,30,36,37)/t18?,19?,24-,25?,26?/m0/s1. The lowest BCUT2D eigenvalue weighted by molar-refractivity contribution is -0.116. The summed E-state index contributed by atoms with van der Waals surface area (Å²) in [6.45, 7) is 6.15. The first-order valence-electron chi connectivity index (χ1n) is 13.9. The summed E-state index contributed by atoms with van der Waals surface area (Å²) >= 11 is 3.09. The number of hydrogen-bond acceptors (Lipinski definition) is 7. The molecule has 3 aromatic rings. The summed E-state index contributed by atoms with van der Waals surface area (Å²) < 4.78 is 24.7. The van der Waals surface area contributed by atoms with Crippen LogP contribution in [-0.2, 0) is 21.4 Å². The predicted molar refractivity (Wildman–Crippen MR) is 161 cm³/mol. The Morgan fingerprint density at radius 2 is 1.73 bits per heavy atom. The van der Waals surface area contributed by atoms with Gasteiger partial charge in [-0.05, 0) is 92.8 Å². The Hall–Kier alpha value is -2.60. The average Bonchev–Trinajstić information content (AvgIpc) is 3.63. The first kappa shape index (κ1) is 27.6. The molecule has 3 aliphatic rings. The lowest BCUT2D eigenvalue weighted by atomic mass is 9.75. The van der Waals surface area contributed by atoms with Crippen molar-refractivity contribution in [1.82, 2.24) is 4.57 Å². The Balaban J connectivity index is 1.30. The zero-order valence-corrected chi connectivity index (χ0v) is 25.0. The van der Waals surface area contributed by atoms with Crippen molar-refractivity contribution in [1.29, 1.82) is 0 Å². The average molecular weight is 599 g/mol. The molecule has 2 aromatic carbocycles. The van der Waals surface area contributed by atoms with E-state index >= 15 is 0 Å². The van der Waals surface area contributed by atoms with Crippen LogP contribution >= 0.6 is 23.1 Å². The maximum atomic E-state index is 13.3. The van der Waals surface area contributed by atoms with E-state index in [1.165, 1.54) is 66.1 Å². The second kappa shape index (κ2) is 10.7. The van der Waals surface area contributed by atoms with Crippen molar-refractivity contribution < 1.29 is 13.2 Å². The highest BCUT2D eigenvalue weighted by Crippen LogP contribution is 2.64. The van der Waals surface area contributed by atoms with Crippen LogP contribution in [0.25, 0.3) is 0 Å². The predicted octanol–water partition coefficient (Wildman–Crippen LogP) is 4.69. The van der Waals surface area contributed by atoms with E-state index in [2.05, 4.69) is 48.3 Å². The fourth-order valence-corrected chi connectivity index (χ4v) is 10.7. The van der Waals surface area contributed by atoms with Gasteiger partial charge in [0.15, 0.2) is 0 Å². The zero-order valence-electron chi connectivity index (χ0n) is 22.6. The number of fused-ring (bicyclic) bond motifs is 6. The fraction of sp³-hybridized carbons (Fsp3) is 0.448. The van der Waals surface area contributed by atoms with Crippen LogP contribution < -0.4 is 20.2 Å². The summed E-state index contributed by atoms with van der Waals surface area (Å²) in [7, 11) is -3.82. The Kier molecular flexibility index (Phi) is 7.35. The van der Waals surface area contributed by atoms with E-state index in [4.69, 9.17) is 5.14 Å². The van der Waals surface area contributed by atoms with E-state index in [1.54, 1.807) is 4.57 Å². The smallest absolute Gasteiger partial charge is 0.308 e. The van der Waals surface area contributed by atoms with E-state index < -0.39 is 10.0 Å². The maximum absolute atomic E-state index is 13.3. The molecule has 4 unspecified atom stereocenters. The molecule has 0 saturated heterocycles. The number of nitrogens with zero attached hydrogens (tertiary/aromatic N) is 2. The number of carbonyl (C=O) groups is 1. The van der Waals surface area contributed by atoms with Gasteiger partial charge in [0.25, 0.3) is 0 Å². The van der Waals surface area contributed by atoms with Crippen molar-refractivity contribution in [2.75, 3.05) is 23.3 Å². The molecule has 0 spiro atoms. The number of thiazole rings is 1. The second-order valence-electron chi connectivity index (χ2n) is 11.0.